The summed E-state index contributed by atoms with van der Waals surface area (Å²) in [4.78, 5) is 0. The standard InChI is InChI=1S/C17H29N3/c18-17(14-7-3-1-2-4-8-14)13-15-11-12-20(19-15)16-9-5-6-10-16/h11-12,14,16-17H,1-10,13,18H2. The third kappa shape index (κ3) is 3.43. The van der Waals surface area contributed by atoms with Gasteiger partial charge in [0.25, 0.3) is 0 Å². The van der Waals surface area contributed by atoms with Crippen LogP contribution in [-0.2, 0) is 6.42 Å². The number of rotatable bonds is 4. The van der Waals surface area contributed by atoms with Gasteiger partial charge in [-0.1, -0.05) is 38.5 Å². The molecule has 0 bridgehead atoms. The van der Waals surface area contributed by atoms with Crippen molar-refractivity contribution in [3.8, 4) is 0 Å². The fourth-order valence-electron chi connectivity index (χ4n) is 4.01. The zero-order valence-electron chi connectivity index (χ0n) is 12.6. The highest BCUT2D eigenvalue weighted by Gasteiger charge is 2.22. The molecular formula is C17H29N3. The van der Waals surface area contributed by atoms with Crippen molar-refractivity contribution in [2.24, 2.45) is 11.7 Å². The SMILES string of the molecule is NC(Cc1ccn(C2CCCC2)n1)C1CCCCCC1. The minimum atomic E-state index is 0.306. The number of nitrogens with zero attached hydrogens (tertiary/aromatic N) is 2. The average Bonchev–Trinajstić information content (AvgIpc) is 3.05. The van der Waals surface area contributed by atoms with Crippen LogP contribution in [0.4, 0.5) is 0 Å². The normalized spacial score (nSPS) is 23.9. The van der Waals surface area contributed by atoms with E-state index in [1.54, 1.807) is 0 Å². The Kier molecular flexibility index (Phi) is 4.77. The van der Waals surface area contributed by atoms with Crippen molar-refractivity contribution >= 4 is 0 Å². The fraction of sp³-hybridized carbons (Fsp3) is 0.824. The molecule has 1 heterocycles. The zero-order chi connectivity index (χ0) is 13.8. The van der Waals surface area contributed by atoms with E-state index in [0.29, 0.717) is 18.0 Å². The third-order valence-corrected chi connectivity index (χ3v) is 5.31. The Morgan fingerprint density at radius 2 is 1.70 bits per heavy atom. The first-order valence-electron chi connectivity index (χ1n) is 8.62. The van der Waals surface area contributed by atoms with Crippen LogP contribution in [0.3, 0.4) is 0 Å². The lowest BCUT2D eigenvalue weighted by Gasteiger charge is -2.21. The average molecular weight is 275 g/mol. The van der Waals surface area contributed by atoms with Gasteiger partial charge in [0.05, 0.1) is 11.7 Å². The first-order valence-corrected chi connectivity index (χ1v) is 8.62. The Bertz CT molecular complexity index is 398. The maximum absolute atomic E-state index is 6.46. The Hall–Kier alpha value is -0.830. The van der Waals surface area contributed by atoms with Crippen LogP contribution < -0.4 is 5.73 Å². The molecule has 3 nitrogen and oxygen atoms in total. The molecule has 1 aromatic heterocycles. The molecule has 112 valence electrons. The van der Waals surface area contributed by atoms with Gasteiger partial charge >= 0.3 is 0 Å². The maximum Gasteiger partial charge on any atom is 0.0640 e. The number of aromatic nitrogens is 2. The van der Waals surface area contributed by atoms with Gasteiger partial charge in [0.1, 0.15) is 0 Å². The van der Waals surface area contributed by atoms with Crippen LogP contribution in [0, 0.1) is 5.92 Å². The lowest BCUT2D eigenvalue weighted by Crippen LogP contribution is -2.32. The van der Waals surface area contributed by atoms with Gasteiger partial charge in [0, 0.05) is 18.7 Å². The minimum absolute atomic E-state index is 0.306. The summed E-state index contributed by atoms with van der Waals surface area (Å²) in [5, 5.41) is 4.79. The largest absolute Gasteiger partial charge is 0.327 e. The Labute approximate surface area is 122 Å². The Balaban J connectivity index is 1.56. The van der Waals surface area contributed by atoms with Gasteiger partial charge in [0.2, 0.25) is 0 Å². The molecule has 1 unspecified atom stereocenters. The molecule has 2 aliphatic carbocycles. The van der Waals surface area contributed by atoms with Crippen molar-refractivity contribution in [2.45, 2.75) is 82.7 Å². The summed E-state index contributed by atoms with van der Waals surface area (Å²) in [6, 6.07) is 3.15. The van der Waals surface area contributed by atoms with Crippen LogP contribution >= 0.6 is 0 Å². The van der Waals surface area contributed by atoms with Crippen LogP contribution in [0.25, 0.3) is 0 Å². The van der Waals surface area contributed by atoms with E-state index in [-0.39, 0.29) is 0 Å². The second-order valence-electron chi connectivity index (χ2n) is 6.84. The molecule has 3 rings (SSSR count). The molecule has 20 heavy (non-hydrogen) atoms. The molecule has 2 fully saturated rings. The highest BCUT2D eigenvalue weighted by atomic mass is 15.3. The molecule has 0 spiro atoms. The predicted molar refractivity (Wildman–Crippen MR) is 82.6 cm³/mol. The van der Waals surface area contributed by atoms with E-state index in [1.807, 2.05) is 0 Å². The van der Waals surface area contributed by atoms with E-state index < -0.39 is 0 Å². The Morgan fingerprint density at radius 3 is 2.40 bits per heavy atom. The first-order chi connectivity index (χ1) is 9.83. The molecule has 0 saturated heterocycles. The molecule has 2 aliphatic rings. The van der Waals surface area contributed by atoms with E-state index in [9.17, 15) is 0 Å². The van der Waals surface area contributed by atoms with E-state index in [4.69, 9.17) is 10.8 Å². The van der Waals surface area contributed by atoms with Gasteiger partial charge < -0.3 is 5.73 Å². The van der Waals surface area contributed by atoms with Crippen LogP contribution in [0.5, 0.6) is 0 Å². The first kappa shape index (κ1) is 14.1. The smallest absolute Gasteiger partial charge is 0.0640 e. The summed E-state index contributed by atoms with van der Waals surface area (Å²) in [5.41, 5.74) is 7.67. The highest BCUT2D eigenvalue weighted by Crippen LogP contribution is 2.29. The number of hydrogen-bond acceptors (Lipinski definition) is 2. The zero-order valence-corrected chi connectivity index (χ0v) is 12.6. The summed E-state index contributed by atoms with van der Waals surface area (Å²) >= 11 is 0. The van der Waals surface area contributed by atoms with E-state index in [2.05, 4.69) is 16.9 Å². The van der Waals surface area contributed by atoms with Crippen molar-refractivity contribution < 1.29 is 0 Å². The molecule has 1 aromatic rings. The van der Waals surface area contributed by atoms with Crippen LogP contribution in [0.2, 0.25) is 0 Å². The molecule has 2 N–H and O–H groups in total. The van der Waals surface area contributed by atoms with Crippen molar-refractivity contribution in [1.82, 2.24) is 9.78 Å². The van der Waals surface area contributed by atoms with Gasteiger partial charge in [-0.25, -0.2) is 0 Å². The lowest BCUT2D eigenvalue weighted by molar-refractivity contribution is 0.368. The fourth-order valence-corrected chi connectivity index (χ4v) is 4.01. The van der Waals surface area contributed by atoms with E-state index in [1.165, 1.54) is 69.9 Å². The van der Waals surface area contributed by atoms with Crippen LogP contribution in [0.1, 0.15) is 75.9 Å². The molecule has 3 heteroatoms. The highest BCUT2D eigenvalue weighted by molar-refractivity contribution is 5.03. The minimum Gasteiger partial charge on any atom is -0.327 e. The summed E-state index contributed by atoms with van der Waals surface area (Å²) in [6.45, 7) is 0. The second kappa shape index (κ2) is 6.75. The van der Waals surface area contributed by atoms with Gasteiger partial charge in [0.15, 0.2) is 0 Å². The second-order valence-corrected chi connectivity index (χ2v) is 6.84. The predicted octanol–water partition coefficient (Wildman–Crippen LogP) is 3.84. The van der Waals surface area contributed by atoms with Crippen LogP contribution in [0.15, 0.2) is 12.3 Å². The molecular weight excluding hydrogens is 246 g/mol. The summed E-state index contributed by atoms with van der Waals surface area (Å²) in [6.07, 6.45) is 16.7. The topological polar surface area (TPSA) is 43.8 Å². The quantitative estimate of drug-likeness (QED) is 0.848. The lowest BCUT2D eigenvalue weighted by atomic mass is 9.90. The van der Waals surface area contributed by atoms with Crippen molar-refractivity contribution in [2.75, 3.05) is 0 Å². The molecule has 0 amide bonds. The monoisotopic (exact) mass is 275 g/mol. The number of nitrogens with two attached hydrogens (primary N) is 1. The van der Waals surface area contributed by atoms with Gasteiger partial charge in [-0.3, -0.25) is 4.68 Å². The summed E-state index contributed by atoms with van der Waals surface area (Å²) < 4.78 is 2.20. The van der Waals surface area contributed by atoms with Crippen molar-refractivity contribution in [3.63, 3.8) is 0 Å². The van der Waals surface area contributed by atoms with Crippen molar-refractivity contribution in [1.29, 1.82) is 0 Å². The van der Waals surface area contributed by atoms with Crippen LogP contribution in [-0.4, -0.2) is 15.8 Å². The molecule has 1 atom stereocenters. The van der Waals surface area contributed by atoms with Gasteiger partial charge in [-0.2, -0.15) is 5.10 Å². The molecule has 0 aliphatic heterocycles. The molecule has 2 saturated carbocycles. The molecule has 0 aromatic carbocycles. The maximum atomic E-state index is 6.46. The van der Waals surface area contributed by atoms with Crippen molar-refractivity contribution in [3.05, 3.63) is 18.0 Å². The van der Waals surface area contributed by atoms with Gasteiger partial charge in [-0.05, 0) is 37.7 Å². The van der Waals surface area contributed by atoms with E-state index >= 15 is 0 Å². The van der Waals surface area contributed by atoms with E-state index in [0.717, 1.165) is 6.42 Å². The van der Waals surface area contributed by atoms with Gasteiger partial charge in [-0.15, -0.1) is 0 Å². The summed E-state index contributed by atoms with van der Waals surface area (Å²) in [5.74, 6) is 0.717. The molecule has 0 radical (unpaired) electrons. The summed E-state index contributed by atoms with van der Waals surface area (Å²) in [7, 11) is 0. The third-order valence-electron chi connectivity index (χ3n) is 5.31. The number of hydrogen-bond donors (Lipinski definition) is 1. The Morgan fingerprint density at radius 1 is 1.05 bits per heavy atom.